The van der Waals surface area contributed by atoms with Crippen LogP contribution >= 0.6 is 0 Å². The fraction of sp³-hybridized carbons (Fsp3) is 0.565. The Balaban J connectivity index is 1.95. The first-order chi connectivity index (χ1) is 13.9. The van der Waals surface area contributed by atoms with Crippen molar-refractivity contribution >= 4 is 11.9 Å². The minimum atomic E-state index is -1.01. The topological polar surface area (TPSA) is 92.9 Å². The van der Waals surface area contributed by atoms with Gasteiger partial charge in [-0.15, -0.1) is 0 Å². The molecule has 1 fully saturated rings. The van der Waals surface area contributed by atoms with E-state index in [4.69, 9.17) is 15.6 Å². The van der Waals surface area contributed by atoms with Crippen molar-refractivity contribution in [2.45, 2.75) is 58.0 Å². The lowest BCUT2D eigenvalue weighted by atomic mass is 9.65. The van der Waals surface area contributed by atoms with Gasteiger partial charge in [-0.1, -0.05) is 37.1 Å². The third-order valence-corrected chi connectivity index (χ3v) is 6.57. The molecule has 2 aliphatic heterocycles. The van der Waals surface area contributed by atoms with Gasteiger partial charge in [0.1, 0.15) is 5.76 Å². The van der Waals surface area contributed by atoms with Crippen LogP contribution in [0, 0.1) is 17.8 Å². The summed E-state index contributed by atoms with van der Waals surface area (Å²) in [5.41, 5.74) is 7.09. The van der Waals surface area contributed by atoms with Crippen LogP contribution < -0.4 is 5.73 Å². The molecule has 0 aromatic carbocycles. The molecule has 2 bridgehead atoms. The van der Waals surface area contributed by atoms with E-state index < -0.39 is 5.97 Å². The molecule has 6 nitrogen and oxygen atoms in total. The molecule has 0 aromatic heterocycles. The number of nitrogens with two attached hydrogens (primary N) is 1. The monoisotopic (exact) mass is 400 g/mol. The Labute approximate surface area is 172 Å². The standard InChI is InChI=1S/C23H32N2O4/c1-3-17-18(13-21(24)26)23-15(2)25(11-7-10-20(23)29-14-22(27)28)19(17)12-16-8-5-4-6-9-16/h4-5,7-8,10-11,15,17-19,23H,3,6,9,12-14H2,1-2H3,(H2,24,26)(H,27,28). The van der Waals surface area contributed by atoms with E-state index in [1.807, 2.05) is 12.2 Å². The molecule has 0 spiro atoms. The first-order valence-corrected chi connectivity index (χ1v) is 10.6. The molecule has 1 saturated heterocycles. The summed E-state index contributed by atoms with van der Waals surface area (Å²) < 4.78 is 5.68. The van der Waals surface area contributed by atoms with Crippen LogP contribution in [-0.2, 0) is 14.3 Å². The fourth-order valence-electron chi connectivity index (χ4n) is 5.38. The Morgan fingerprint density at radius 1 is 1.28 bits per heavy atom. The largest absolute Gasteiger partial charge is 0.486 e. The highest BCUT2D eigenvalue weighted by Crippen LogP contribution is 2.47. The molecule has 2 heterocycles. The number of carbonyl (C=O) groups excluding carboxylic acids is 1. The van der Waals surface area contributed by atoms with Crippen molar-refractivity contribution in [3.8, 4) is 0 Å². The SMILES string of the molecule is CCC1C(CC(N)=O)C2C(OCC(=O)O)=CC=CN(C2C)C1CC1=CC=CCC1. The Bertz CT molecular complexity index is 752. The second-order valence-corrected chi connectivity index (χ2v) is 8.28. The Morgan fingerprint density at radius 3 is 2.69 bits per heavy atom. The molecule has 0 radical (unpaired) electrons. The molecule has 29 heavy (non-hydrogen) atoms. The van der Waals surface area contributed by atoms with Gasteiger partial charge in [0.25, 0.3) is 0 Å². The number of hydrogen-bond acceptors (Lipinski definition) is 4. The third-order valence-electron chi connectivity index (χ3n) is 6.57. The van der Waals surface area contributed by atoms with E-state index in [9.17, 15) is 9.59 Å². The van der Waals surface area contributed by atoms with Gasteiger partial charge in [-0.2, -0.15) is 0 Å². The molecular formula is C23H32N2O4. The minimum Gasteiger partial charge on any atom is -0.486 e. The quantitative estimate of drug-likeness (QED) is 0.652. The van der Waals surface area contributed by atoms with E-state index in [1.165, 1.54) is 5.57 Å². The molecule has 1 aliphatic carbocycles. The van der Waals surface area contributed by atoms with Gasteiger partial charge in [0.15, 0.2) is 6.61 Å². The lowest BCUT2D eigenvalue weighted by Crippen LogP contribution is -2.56. The van der Waals surface area contributed by atoms with Gasteiger partial charge in [-0.3, -0.25) is 4.79 Å². The van der Waals surface area contributed by atoms with E-state index in [1.54, 1.807) is 0 Å². The maximum atomic E-state index is 12.0. The predicted octanol–water partition coefficient (Wildman–Crippen LogP) is 3.37. The molecule has 158 valence electrons. The number of amides is 1. The smallest absolute Gasteiger partial charge is 0.341 e. The first kappa shape index (κ1) is 21.2. The Kier molecular flexibility index (Phi) is 6.83. The lowest BCUT2D eigenvalue weighted by Gasteiger charge is -2.53. The summed E-state index contributed by atoms with van der Waals surface area (Å²) in [6.45, 7) is 3.92. The number of carbonyl (C=O) groups is 2. The maximum absolute atomic E-state index is 12.0. The molecular weight excluding hydrogens is 368 g/mol. The number of aliphatic carboxylic acids is 1. The number of carboxylic acid groups (broad SMARTS) is 1. The molecule has 3 N–H and O–H groups in total. The molecule has 0 aromatic rings. The van der Waals surface area contributed by atoms with Crippen molar-refractivity contribution in [3.05, 3.63) is 47.9 Å². The number of rotatable bonds is 8. The van der Waals surface area contributed by atoms with Gasteiger partial charge in [-0.25, -0.2) is 4.79 Å². The molecule has 6 heteroatoms. The first-order valence-electron chi connectivity index (χ1n) is 10.6. The summed E-state index contributed by atoms with van der Waals surface area (Å²) in [6, 6.07) is 0.363. The van der Waals surface area contributed by atoms with Crippen molar-refractivity contribution in [2.24, 2.45) is 23.5 Å². The van der Waals surface area contributed by atoms with Crippen LogP contribution in [0.25, 0.3) is 0 Å². The number of primary amides is 1. The second kappa shape index (κ2) is 9.33. The van der Waals surface area contributed by atoms with Gasteiger partial charge in [-0.05, 0) is 56.4 Å². The van der Waals surface area contributed by atoms with Crippen LogP contribution in [0.3, 0.4) is 0 Å². The van der Waals surface area contributed by atoms with Gasteiger partial charge < -0.3 is 20.5 Å². The van der Waals surface area contributed by atoms with Gasteiger partial charge >= 0.3 is 5.97 Å². The van der Waals surface area contributed by atoms with Gasteiger partial charge in [0, 0.05) is 24.4 Å². The van der Waals surface area contributed by atoms with E-state index in [0.29, 0.717) is 5.76 Å². The number of carboxylic acids is 1. The summed E-state index contributed by atoms with van der Waals surface area (Å²) in [7, 11) is 0. The molecule has 3 aliphatic rings. The lowest BCUT2D eigenvalue weighted by molar-refractivity contribution is -0.142. The van der Waals surface area contributed by atoms with Crippen molar-refractivity contribution in [1.29, 1.82) is 0 Å². The van der Waals surface area contributed by atoms with E-state index in [-0.39, 0.29) is 48.8 Å². The fourth-order valence-corrected chi connectivity index (χ4v) is 5.38. The number of nitrogens with zero attached hydrogens (tertiary/aromatic N) is 1. The average molecular weight is 401 g/mol. The summed E-state index contributed by atoms with van der Waals surface area (Å²) in [4.78, 5) is 25.4. The summed E-state index contributed by atoms with van der Waals surface area (Å²) in [6.07, 6.45) is 16.8. The molecule has 3 rings (SSSR count). The number of piperidine rings is 1. The van der Waals surface area contributed by atoms with E-state index in [0.717, 1.165) is 25.7 Å². The van der Waals surface area contributed by atoms with Crippen LogP contribution in [0.1, 0.15) is 46.0 Å². The average Bonchev–Trinajstić information content (AvgIpc) is 2.80. The van der Waals surface area contributed by atoms with Crippen LogP contribution in [0.2, 0.25) is 0 Å². The highest BCUT2D eigenvalue weighted by atomic mass is 16.5. The summed E-state index contributed by atoms with van der Waals surface area (Å²) >= 11 is 0. The Hall–Kier alpha value is -2.50. The highest BCUT2D eigenvalue weighted by Gasteiger charge is 2.48. The van der Waals surface area contributed by atoms with Gasteiger partial charge in [0.2, 0.25) is 5.91 Å². The second-order valence-electron chi connectivity index (χ2n) is 8.28. The molecule has 5 atom stereocenters. The zero-order chi connectivity index (χ0) is 21.0. The zero-order valence-electron chi connectivity index (χ0n) is 17.3. The van der Waals surface area contributed by atoms with E-state index in [2.05, 4.69) is 43.2 Å². The third kappa shape index (κ3) is 4.74. The van der Waals surface area contributed by atoms with Crippen LogP contribution in [0.15, 0.2) is 47.9 Å². The van der Waals surface area contributed by atoms with Crippen LogP contribution in [-0.4, -0.2) is 40.6 Å². The van der Waals surface area contributed by atoms with Gasteiger partial charge in [0.05, 0.1) is 0 Å². The summed E-state index contributed by atoms with van der Waals surface area (Å²) in [5, 5.41) is 9.07. The number of hydrogen-bond donors (Lipinski definition) is 2. The zero-order valence-corrected chi connectivity index (χ0v) is 17.3. The van der Waals surface area contributed by atoms with Crippen LogP contribution in [0.5, 0.6) is 0 Å². The molecule has 5 unspecified atom stereocenters. The predicted molar refractivity (Wildman–Crippen MR) is 112 cm³/mol. The minimum absolute atomic E-state index is 0.0217. The van der Waals surface area contributed by atoms with Crippen molar-refractivity contribution in [3.63, 3.8) is 0 Å². The van der Waals surface area contributed by atoms with Crippen molar-refractivity contribution in [1.82, 2.24) is 4.90 Å². The Morgan fingerprint density at radius 2 is 2.07 bits per heavy atom. The van der Waals surface area contributed by atoms with Crippen molar-refractivity contribution < 1.29 is 19.4 Å². The highest BCUT2D eigenvalue weighted by molar-refractivity contribution is 5.74. The maximum Gasteiger partial charge on any atom is 0.341 e. The molecule has 1 amide bonds. The number of fused-ring (bicyclic) bond motifs is 2. The van der Waals surface area contributed by atoms with Crippen molar-refractivity contribution in [2.75, 3.05) is 6.61 Å². The van der Waals surface area contributed by atoms with Crippen LogP contribution in [0.4, 0.5) is 0 Å². The summed E-state index contributed by atoms with van der Waals surface area (Å²) in [5.74, 6) is -0.473. The number of allylic oxidation sites excluding steroid dienone is 5. The number of ether oxygens (including phenoxy) is 1. The normalized spacial score (nSPS) is 31.0. The van der Waals surface area contributed by atoms with E-state index >= 15 is 0 Å². The molecule has 0 saturated carbocycles.